The van der Waals surface area contributed by atoms with Crippen LogP contribution in [-0.4, -0.2) is 55.1 Å². The number of benzene rings is 1. The van der Waals surface area contributed by atoms with Gasteiger partial charge in [-0.15, -0.1) is 0 Å². The van der Waals surface area contributed by atoms with Crippen LogP contribution in [0, 0.1) is 5.92 Å². The number of esters is 2. The van der Waals surface area contributed by atoms with E-state index in [2.05, 4.69) is 5.32 Å². The summed E-state index contributed by atoms with van der Waals surface area (Å²) >= 11 is 0. The van der Waals surface area contributed by atoms with Gasteiger partial charge in [0.2, 0.25) is 0 Å². The van der Waals surface area contributed by atoms with E-state index >= 15 is 0 Å². The fourth-order valence-electron chi connectivity index (χ4n) is 2.80. The second-order valence-corrected chi connectivity index (χ2v) is 5.67. The van der Waals surface area contributed by atoms with Gasteiger partial charge in [-0.2, -0.15) is 0 Å². The van der Waals surface area contributed by atoms with E-state index in [0.29, 0.717) is 0 Å². The molecule has 1 aromatic carbocycles. The fraction of sp³-hybridized carbons (Fsp3) is 0.412. The first-order valence-electron chi connectivity index (χ1n) is 7.73. The van der Waals surface area contributed by atoms with Gasteiger partial charge in [0.15, 0.2) is 6.04 Å². The van der Waals surface area contributed by atoms with Gasteiger partial charge in [-0.05, 0) is 18.9 Å². The Morgan fingerprint density at radius 1 is 1.12 bits per heavy atom. The summed E-state index contributed by atoms with van der Waals surface area (Å²) in [6.45, 7) is 1.50. The molecule has 1 aromatic rings. The number of carbonyl (C=O) groups excluding carboxylic acids is 4. The average molecular weight is 348 g/mol. The lowest BCUT2D eigenvalue weighted by Gasteiger charge is -2.29. The number of methoxy groups -OCH3 is 2. The number of amides is 3. The van der Waals surface area contributed by atoms with E-state index in [1.807, 2.05) is 6.07 Å². The Morgan fingerprint density at radius 3 is 2.20 bits per heavy atom. The largest absolute Gasteiger partial charge is 0.469 e. The molecule has 1 aliphatic heterocycles. The molecule has 0 saturated carbocycles. The lowest BCUT2D eigenvalue weighted by atomic mass is 9.91. The van der Waals surface area contributed by atoms with Crippen LogP contribution in [0.4, 0.5) is 4.79 Å². The maximum Gasteiger partial charge on any atom is 0.330 e. The SMILES string of the molecule is COC(=O)[C@H](Cc1ccccc1)[C@H](C(=O)OC)N1C(=O)N[C@@H](C)C1=O. The molecule has 0 unspecified atom stereocenters. The van der Waals surface area contributed by atoms with Crippen molar-refractivity contribution in [2.45, 2.75) is 25.4 Å². The molecule has 0 spiro atoms. The van der Waals surface area contributed by atoms with E-state index in [1.165, 1.54) is 14.0 Å². The van der Waals surface area contributed by atoms with E-state index in [9.17, 15) is 19.2 Å². The Morgan fingerprint density at radius 2 is 1.72 bits per heavy atom. The van der Waals surface area contributed by atoms with Crippen LogP contribution in [-0.2, 0) is 30.3 Å². The first kappa shape index (κ1) is 18.4. The van der Waals surface area contributed by atoms with Crippen LogP contribution in [0.2, 0.25) is 0 Å². The van der Waals surface area contributed by atoms with E-state index in [1.54, 1.807) is 24.3 Å². The Labute approximate surface area is 145 Å². The Hall–Kier alpha value is -2.90. The zero-order valence-corrected chi connectivity index (χ0v) is 14.2. The summed E-state index contributed by atoms with van der Waals surface area (Å²) in [5.41, 5.74) is 0.756. The number of ether oxygens (including phenoxy) is 2. The molecule has 3 atom stereocenters. The summed E-state index contributed by atoms with van der Waals surface area (Å²) in [6, 6.07) is 6.00. The van der Waals surface area contributed by atoms with Crippen LogP contribution in [0.5, 0.6) is 0 Å². The molecule has 0 aliphatic carbocycles. The number of carbonyl (C=O) groups is 4. The van der Waals surface area contributed by atoms with Crippen molar-refractivity contribution in [3.63, 3.8) is 0 Å². The van der Waals surface area contributed by atoms with E-state index in [4.69, 9.17) is 9.47 Å². The topological polar surface area (TPSA) is 102 Å². The highest BCUT2D eigenvalue weighted by Crippen LogP contribution is 2.23. The van der Waals surface area contributed by atoms with Crippen molar-refractivity contribution in [1.82, 2.24) is 10.2 Å². The van der Waals surface area contributed by atoms with Crippen LogP contribution >= 0.6 is 0 Å². The molecule has 2 rings (SSSR count). The molecule has 3 amide bonds. The Balaban J connectivity index is 2.43. The van der Waals surface area contributed by atoms with Crippen molar-refractivity contribution in [1.29, 1.82) is 0 Å². The fourth-order valence-corrected chi connectivity index (χ4v) is 2.80. The molecule has 25 heavy (non-hydrogen) atoms. The van der Waals surface area contributed by atoms with E-state index in [-0.39, 0.29) is 6.42 Å². The van der Waals surface area contributed by atoms with Crippen LogP contribution in [0.15, 0.2) is 30.3 Å². The predicted molar refractivity (Wildman–Crippen MR) is 86.3 cm³/mol. The van der Waals surface area contributed by atoms with Gasteiger partial charge in [-0.1, -0.05) is 30.3 Å². The van der Waals surface area contributed by atoms with E-state index < -0.39 is 41.9 Å². The normalized spacial score (nSPS) is 19.2. The number of rotatable bonds is 6. The minimum Gasteiger partial charge on any atom is -0.469 e. The lowest BCUT2D eigenvalue weighted by molar-refractivity contribution is -0.160. The zero-order valence-electron chi connectivity index (χ0n) is 14.2. The number of nitrogens with zero attached hydrogens (tertiary/aromatic N) is 1. The summed E-state index contributed by atoms with van der Waals surface area (Å²) < 4.78 is 9.55. The first-order chi connectivity index (χ1) is 11.9. The highest BCUT2D eigenvalue weighted by Gasteiger charge is 2.49. The quantitative estimate of drug-likeness (QED) is 0.593. The van der Waals surface area contributed by atoms with Gasteiger partial charge >= 0.3 is 18.0 Å². The monoisotopic (exact) mass is 348 g/mol. The number of hydrogen-bond donors (Lipinski definition) is 1. The number of nitrogens with one attached hydrogen (secondary N) is 1. The molecular formula is C17H20N2O6. The van der Waals surface area contributed by atoms with Crippen LogP contribution < -0.4 is 5.32 Å². The van der Waals surface area contributed by atoms with Gasteiger partial charge in [-0.3, -0.25) is 9.59 Å². The molecule has 8 nitrogen and oxygen atoms in total. The number of imide groups is 1. The first-order valence-corrected chi connectivity index (χ1v) is 7.73. The molecule has 0 bridgehead atoms. The Kier molecular flexibility index (Phi) is 5.74. The average Bonchev–Trinajstić information content (AvgIpc) is 2.87. The number of urea groups is 1. The highest BCUT2D eigenvalue weighted by atomic mass is 16.5. The summed E-state index contributed by atoms with van der Waals surface area (Å²) in [7, 11) is 2.32. The van der Waals surface area contributed by atoms with Crippen molar-refractivity contribution in [3.8, 4) is 0 Å². The smallest absolute Gasteiger partial charge is 0.330 e. The summed E-state index contributed by atoms with van der Waals surface area (Å²) in [5, 5.41) is 2.43. The molecule has 8 heteroatoms. The maximum atomic E-state index is 12.3. The maximum absolute atomic E-state index is 12.3. The van der Waals surface area contributed by atoms with E-state index in [0.717, 1.165) is 17.6 Å². The third-order valence-electron chi connectivity index (χ3n) is 4.07. The van der Waals surface area contributed by atoms with Crippen molar-refractivity contribution >= 4 is 23.9 Å². The van der Waals surface area contributed by atoms with Gasteiger partial charge in [0.1, 0.15) is 6.04 Å². The standard InChI is InChI=1S/C17H20N2O6/c1-10-14(20)19(17(23)18-10)13(16(22)25-3)12(15(21)24-2)9-11-7-5-4-6-8-11/h4-8,10,12-13H,9H2,1-3H3,(H,18,23)/t10-,12+,13+/m0/s1. The van der Waals surface area contributed by atoms with Crippen LogP contribution in [0.3, 0.4) is 0 Å². The minimum absolute atomic E-state index is 0.110. The molecule has 1 heterocycles. The molecule has 0 radical (unpaired) electrons. The van der Waals surface area contributed by atoms with Gasteiger partial charge in [-0.25, -0.2) is 14.5 Å². The van der Waals surface area contributed by atoms with Crippen LogP contribution in [0.1, 0.15) is 12.5 Å². The van der Waals surface area contributed by atoms with Crippen molar-refractivity contribution in [3.05, 3.63) is 35.9 Å². The second kappa shape index (κ2) is 7.78. The van der Waals surface area contributed by atoms with Crippen molar-refractivity contribution in [2.75, 3.05) is 14.2 Å². The van der Waals surface area contributed by atoms with Gasteiger partial charge in [0.05, 0.1) is 20.1 Å². The number of hydrogen-bond acceptors (Lipinski definition) is 6. The molecule has 0 aromatic heterocycles. The third kappa shape index (κ3) is 3.78. The van der Waals surface area contributed by atoms with Gasteiger partial charge in [0.25, 0.3) is 5.91 Å². The molecular weight excluding hydrogens is 328 g/mol. The van der Waals surface area contributed by atoms with Crippen molar-refractivity contribution < 1.29 is 28.7 Å². The Bertz CT molecular complexity index is 675. The summed E-state index contributed by atoms with van der Waals surface area (Å²) in [6.07, 6.45) is 0.110. The summed E-state index contributed by atoms with van der Waals surface area (Å²) in [4.78, 5) is 49.9. The van der Waals surface area contributed by atoms with Gasteiger partial charge in [0, 0.05) is 0 Å². The molecule has 1 saturated heterocycles. The highest BCUT2D eigenvalue weighted by molar-refractivity contribution is 6.07. The zero-order chi connectivity index (χ0) is 18.6. The molecule has 1 aliphatic rings. The third-order valence-corrected chi connectivity index (χ3v) is 4.07. The molecule has 134 valence electrons. The second-order valence-electron chi connectivity index (χ2n) is 5.67. The molecule has 1 N–H and O–H groups in total. The van der Waals surface area contributed by atoms with Crippen molar-refractivity contribution in [2.24, 2.45) is 5.92 Å². The van der Waals surface area contributed by atoms with Gasteiger partial charge < -0.3 is 14.8 Å². The summed E-state index contributed by atoms with van der Waals surface area (Å²) in [5.74, 6) is -3.24. The molecule has 1 fully saturated rings. The minimum atomic E-state index is -1.41. The predicted octanol–water partition coefficient (Wildman–Crippen LogP) is 0.500. The van der Waals surface area contributed by atoms with Crippen LogP contribution in [0.25, 0.3) is 0 Å². The lowest BCUT2D eigenvalue weighted by Crippen LogP contribution is -2.53.